The van der Waals surface area contributed by atoms with Crippen molar-refractivity contribution in [3.05, 3.63) is 28.8 Å². The second-order valence-electron chi connectivity index (χ2n) is 5.56. The summed E-state index contributed by atoms with van der Waals surface area (Å²) >= 11 is 1.36. The molecule has 0 bridgehead atoms. The minimum atomic E-state index is 0.0246. The molecule has 118 valence electrons. The molecule has 2 aromatic rings. The molecule has 0 amide bonds. The monoisotopic (exact) mass is 320 g/mol. The molecule has 0 aromatic carbocycles. The van der Waals surface area contributed by atoms with Gasteiger partial charge in [0.1, 0.15) is 6.10 Å². The Labute approximate surface area is 133 Å². The zero-order valence-electron chi connectivity index (χ0n) is 13.0. The molecule has 1 saturated heterocycles. The second kappa shape index (κ2) is 6.26. The first-order chi connectivity index (χ1) is 10.6. The lowest BCUT2D eigenvalue weighted by Crippen LogP contribution is -2.04. The third-order valence-electron chi connectivity index (χ3n) is 4.12. The van der Waals surface area contributed by atoms with Crippen LogP contribution in [0.3, 0.4) is 0 Å². The van der Waals surface area contributed by atoms with Crippen molar-refractivity contribution in [1.82, 2.24) is 19.7 Å². The Morgan fingerprint density at radius 2 is 2.36 bits per heavy atom. The summed E-state index contributed by atoms with van der Waals surface area (Å²) in [6, 6.07) is 1.94. The molecule has 1 aliphatic rings. The summed E-state index contributed by atoms with van der Waals surface area (Å²) in [6.45, 7) is 4.74. The van der Waals surface area contributed by atoms with Crippen LogP contribution in [0.2, 0.25) is 0 Å². The molecule has 0 spiro atoms. The Hall–Kier alpha value is -1.60. The predicted octanol–water partition coefficient (Wildman–Crippen LogP) is 2.59. The quantitative estimate of drug-likeness (QED) is 0.677. The number of carbonyl (C=O) groups excluding carboxylic acids is 1. The summed E-state index contributed by atoms with van der Waals surface area (Å²) in [6.07, 6.45) is 2.05. The van der Waals surface area contributed by atoms with E-state index in [2.05, 4.69) is 15.2 Å². The van der Waals surface area contributed by atoms with Crippen LogP contribution < -0.4 is 0 Å². The fourth-order valence-corrected chi connectivity index (χ4v) is 3.29. The molecule has 1 N–H and O–H groups in total. The predicted molar refractivity (Wildman–Crippen MR) is 84.3 cm³/mol. The van der Waals surface area contributed by atoms with Gasteiger partial charge >= 0.3 is 0 Å². The summed E-state index contributed by atoms with van der Waals surface area (Å²) in [5.41, 5.74) is 2.87. The van der Waals surface area contributed by atoms with Gasteiger partial charge in [0.25, 0.3) is 0 Å². The van der Waals surface area contributed by atoms with Crippen LogP contribution in [0, 0.1) is 13.8 Å². The largest absolute Gasteiger partial charge is 0.370 e. The van der Waals surface area contributed by atoms with Gasteiger partial charge in [0.2, 0.25) is 5.16 Å². The van der Waals surface area contributed by atoms with Crippen molar-refractivity contribution < 1.29 is 9.53 Å². The molecule has 3 rings (SSSR count). The van der Waals surface area contributed by atoms with Crippen molar-refractivity contribution in [2.24, 2.45) is 7.05 Å². The molecule has 0 unspecified atom stereocenters. The smallest absolute Gasteiger partial charge is 0.208 e. The lowest BCUT2D eigenvalue weighted by atomic mass is 10.2. The first-order valence-corrected chi connectivity index (χ1v) is 8.37. The minimum absolute atomic E-state index is 0.0246. The van der Waals surface area contributed by atoms with E-state index >= 15 is 0 Å². The van der Waals surface area contributed by atoms with Gasteiger partial charge in [-0.3, -0.25) is 9.89 Å². The van der Waals surface area contributed by atoms with Gasteiger partial charge in [-0.25, -0.2) is 4.98 Å². The standard InChI is InChI=1S/C15H20N4O2S/c1-9-7-11(10(2)19(9)3)12(20)8-22-15-16-14(17-18-15)13-5-4-6-21-13/h7,13H,4-6,8H2,1-3H3,(H,16,17,18)/t13-/m1/s1. The lowest BCUT2D eigenvalue weighted by molar-refractivity contribution is 0.102. The average Bonchev–Trinajstić information content (AvgIpc) is 3.22. The molecule has 1 fully saturated rings. The Bertz CT molecular complexity index is 686. The molecular formula is C15H20N4O2S. The van der Waals surface area contributed by atoms with Crippen LogP contribution in [0.15, 0.2) is 11.2 Å². The van der Waals surface area contributed by atoms with E-state index in [1.54, 1.807) is 0 Å². The first kappa shape index (κ1) is 15.3. The van der Waals surface area contributed by atoms with E-state index in [0.717, 1.165) is 42.2 Å². The van der Waals surface area contributed by atoms with Crippen LogP contribution in [0.1, 0.15) is 46.5 Å². The molecule has 2 aromatic heterocycles. The highest BCUT2D eigenvalue weighted by Crippen LogP contribution is 2.27. The van der Waals surface area contributed by atoms with Gasteiger partial charge in [-0.05, 0) is 32.8 Å². The van der Waals surface area contributed by atoms with Crippen molar-refractivity contribution in [2.75, 3.05) is 12.4 Å². The maximum atomic E-state index is 12.3. The van der Waals surface area contributed by atoms with Crippen molar-refractivity contribution in [2.45, 2.75) is 37.9 Å². The van der Waals surface area contributed by atoms with Gasteiger partial charge in [0.05, 0.1) is 5.75 Å². The van der Waals surface area contributed by atoms with Gasteiger partial charge < -0.3 is 9.30 Å². The normalized spacial score (nSPS) is 18.0. The highest BCUT2D eigenvalue weighted by atomic mass is 32.2. The van der Waals surface area contributed by atoms with Crippen LogP contribution in [0.25, 0.3) is 0 Å². The third kappa shape index (κ3) is 2.96. The summed E-state index contributed by atoms with van der Waals surface area (Å²) in [5.74, 6) is 1.21. The van der Waals surface area contributed by atoms with Crippen LogP contribution in [0.4, 0.5) is 0 Å². The van der Waals surface area contributed by atoms with E-state index in [1.807, 2.05) is 31.5 Å². The van der Waals surface area contributed by atoms with E-state index < -0.39 is 0 Å². The number of hydrogen-bond donors (Lipinski definition) is 1. The van der Waals surface area contributed by atoms with E-state index in [4.69, 9.17) is 4.74 Å². The van der Waals surface area contributed by atoms with Crippen molar-refractivity contribution in [1.29, 1.82) is 0 Å². The number of ether oxygens (including phenoxy) is 1. The van der Waals surface area contributed by atoms with Crippen molar-refractivity contribution in [3.8, 4) is 0 Å². The van der Waals surface area contributed by atoms with E-state index in [1.165, 1.54) is 11.8 Å². The number of nitrogens with one attached hydrogen (secondary N) is 1. The van der Waals surface area contributed by atoms with E-state index in [-0.39, 0.29) is 11.9 Å². The molecule has 0 aliphatic carbocycles. The highest BCUT2D eigenvalue weighted by molar-refractivity contribution is 7.99. The average molecular weight is 320 g/mol. The summed E-state index contributed by atoms with van der Waals surface area (Å²) < 4.78 is 7.59. The van der Waals surface area contributed by atoms with Gasteiger partial charge in [-0.2, -0.15) is 0 Å². The molecule has 3 heterocycles. The van der Waals surface area contributed by atoms with Crippen LogP contribution in [0.5, 0.6) is 0 Å². The minimum Gasteiger partial charge on any atom is -0.370 e. The number of H-pyrrole nitrogens is 1. The summed E-state index contributed by atoms with van der Waals surface area (Å²) in [5, 5.41) is 7.68. The number of Topliss-reactive ketones (excluding diaryl/α,β-unsaturated/α-hetero) is 1. The van der Waals surface area contributed by atoms with E-state index in [9.17, 15) is 4.79 Å². The number of hydrogen-bond acceptors (Lipinski definition) is 5. The topological polar surface area (TPSA) is 72.8 Å². The Morgan fingerprint density at radius 1 is 1.55 bits per heavy atom. The number of aromatic nitrogens is 4. The van der Waals surface area contributed by atoms with Gasteiger partial charge in [-0.15, -0.1) is 5.10 Å². The third-order valence-corrected chi connectivity index (χ3v) is 4.97. The van der Waals surface area contributed by atoms with Crippen molar-refractivity contribution in [3.63, 3.8) is 0 Å². The zero-order chi connectivity index (χ0) is 15.7. The number of carbonyl (C=O) groups is 1. The van der Waals surface area contributed by atoms with Gasteiger partial charge in [0.15, 0.2) is 11.6 Å². The Morgan fingerprint density at radius 3 is 3.00 bits per heavy atom. The zero-order valence-corrected chi connectivity index (χ0v) is 13.9. The number of thioether (sulfide) groups is 1. The molecule has 1 atom stereocenters. The van der Waals surface area contributed by atoms with Crippen LogP contribution in [-0.4, -0.2) is 37.9 Å². The second-order valence-corrected chi connectivity index (χ2v) is 6.50. The Kier molecular flexibility index (Phi) is 4.35. The number of ketones is 1. The number of aromatic amines is 1. The molecule has 6 nitrogen and oxygen atoms in total. The molecule has 0 radical (unpaired) electrons. The molecule has 7 heteroatoms. The fourth-order valence-electron chi connectivity index (χ4n) is 2.61. The molecule has 0 saturated carbocycles. The lowest BCUT2D eigenvalue weighted by Gasteiger charge is -2.03. The SMILES string of the molecule is Cc1cc(C(=O)CSc2n[nH]c([C@H]3CCCO3)n2)c(C)n1C. The number of nitrogens with zero attached hydrogens (tertiary/aromatic N) is 3. The maximum Gasteiger partial charge on any atom is 0.208 e. The molecule has 22 heavy (non-hydrogen) atoms. The molecular weight excluding hydrogens is 300 g/mol. The Balaban J connectivity index is 1.62. The highest BCUT2D eigenvalue weighted by Gasteiger charge is 2.22. The number of rotatable bonds is 5. The van der Waals surface area contributed by atoms with Crippen molar-refractivity contribution >= 4 is 17.5 Å². The van der Waals surface area contributed by atoms with Gasteiger partial charge in [0, 0.05) is 30.6 Å². The number of aryl methyl sites for hydroxylation is 1. The summed E-state index contributed by atoms with van der Waals surface area (Å²) in [4.78, 5) is 16.8. The van der Waals surface area contributed by atoms with Crippen LogP contribution >= 0.6 is 11.8 Å². The maximum absolute atomic E-state index is 12.3. The van der Waals surface area contributed by atoms with Crippen LogP contribution in [-0.2, 0) is 11.8 Å². The summed E-state index contributed by atoms with van der Waals surface area (Å²) in [7, 11) is 1.97. The fraction of sp³-hybridized carbons (Fsp3) is 0.533. The molecule has 1 aliphatic heterocycles. The van der Waals surface area contributed by atoms with Gasteiger partial charge in [-0.1, -0.05) is 11.8 Å². The first-order valence-electron chi connectivity index (χ1n) is 7.39. The van der Waals surface area contributed by atoms with E-state index in [0.29, 0.717) is 10.9 Å².